The summed E-state index contributed by atoms with van der Waals surface area (Å²) in [5.74, 6) is 0.785. The molecule has 102 valence electrons. The Morgan fingerprint density at radius 1 is 1.61 bits per heavy atom. The van der Waals surface area contributed by atoms with Crippen LogP contribution in [-0.4, -0.2) is 30.5 Å². The molecule has 0 bridgehead atoms. The molecular weight excluding hydrogens is 230 g/mol. The zero-order valence-electron chi connectivity index (χ0n) is 11.3. The van der Waals surface area contributed by atoms with E-state index in [1.54, 1.807) is 6.26 Å². The zero-order chi connectivity index (χ0) is 13.2. The molecule has 0 spiro atoms. The number of ether oxygens (including phenoxy) is 1. The summed E-state index contributed by atoms with van der Waals surface area (Å²) in [5, 5.41) is 12.9. The largest absolute Gasteiger partial charge is 0.468 e. The Morgan fingerprint density at radius 3 is 2.89 bits per heavy atom. The van der Waals surface area contributed by atoms with Crippen LogP contribution in [0.3, 0.4) is 0 Å². The summed E-state index contributed by atoms with van der Waals surface area (Å²) in [6, 6.07) is 3.94. The summed E-state index contributed by atoms with van der Waals surface area (Å²) in [4.78, 5) is 0. The maximum Gasteiger partial charge on any atom is 0.123 e. The molecule has 4 nitrogen and oxygen atoms in total. The average molecular weight is 253 g/mol. The van der Waals surface area contributed by atoms with E-state index in [1.165, 1.54) is 0 Å². The van der Waals surface area contributed by atoms with E-state index < -0.39 is 0 Å². The summed E-state index contributed by atoms with van der Waals surface area (Å²) >= 11 is 0. The molecule has 2 rings (SSSR count). The van der Waals surface area contributed by atoms with Crippen molar-refractivity contribution in [3.8, 4) is 0 Å². The molecule has 0 saturated heterocycles. The van der Waals surface area contributed by atoms with Gasteiger partial charge < -0.3 is 19.6 Å². The highest BCUT2D eigenvalue weighted by molar-refractivity contribution is 5.09. The van der Waals surface area contributed by atoms with Crippen LogP contribution in [0.2, 0.25) is 0 Å². The van der Waals surface area contributed by atoms with Crippen molar-refractivity contribution in [1.29, 1.82) is 0 Å². The number of hydrogen-bond donors (Lipinski definition) is 2. The molecule has 1 heterocycles. The van der Waals surface area contributed by atoms with Crippen molar-refractivity contribution in [2.75, 3.05) is 13.2 Å². The van der Waals surface area contributed by atoms with Crippen molar-refractivity contribution in [3.63, 3.8) is 0 Å². The fourth-order valence-corrected chi connectivity index (χ4v) is 2.61. The number of aliphatic hydroxyl groups is 1. The van der Waals surface area contributed by atoms with Gasteiger partial charge in [-0.15, -0.1) is 0 Å². The minimum absolute atomic E-state index is 0.0411. The van der Waals surface area contributed by atoms with Gasteiger partial charge in [-0.2, -0.15) is 0 Å². The first-order chi connectivity index (χ1) is 8.59. The summed E-state index contributed by atoms with van der Waals surface area (Å²) in [7, 11) is 0. The predicted octanol–water partition coefficient (Wildman–Crippen LogP) is 2.11. The third-order valence-corrected chi connectivity index (χ3v) is 4.02. The molecule has 1 saturated carbocycles. The Bertz CT molecular complexity index is 361. The Kier molecular flexibility index (Phi) is 4.10. The van der Waals surface area contributed by atoms with E-state index in [4.69, 9.17) is 9.15 Å². The molecule has 2 N–H and O–H groups in total. The summed E-state index contributed by atoms with van der Waals surface area (Å²) in [6.45, 7) is 7.22. The second kappa shape index (κ2) is 5.43. The lowest BCUT2D eigenvalue weighted by molar-refractivity contribution is -0.118. The number of hydrogen-bond acceptors (Lipinski definition) is 4. The quantitative estimate of drug-likeness (QED) is 0.815. The third-order valence-electron chi connectivity index (χ3n) is 4.02. The van der Waals surface area contributed by atoms with Crippen LogP contribution in [0.25, 0.3) is 0 Å². The molecular formula is C14H23NO3. The first kappa shape index (κ1) is 13.6. The molecule has 0 amide bonds. The van der Waals surface area contributed by atoms with E-state index >= 15 is 0 Å². The van der Waals surface area contributed by atoms with Crippen LogP contribution in [0.5, 0.6) is 0 Å². The van der Waals surface area contributed by atoms with Gasteiger partial charge >= 0.3 is 0 Å². The van der Waals surface area contributed by atoms with Gasteiger partial charge in [0, 0.05) is 18.1 Å². The van der Waals surface area contributed by atoms with Crippen molar-refractivity contribution >= 4 is 0 Å². The summed E-state index contributed by atoms with van der Waals surface area (Å²) in [5.41, 5.74) is 0.0933. The van der Waals surface area contributed by atoms with Crippen molar-refractivity contribution in [2.45, 2.75) is 45.4 Å². The lowest BCUT2D eigenvalue weighted by Crippen LogP contribution is -2.61. The first-order valence-electron chi connectivity index (χ1n) is 6.61. The van der Waals surface area contributed by atoms with Crippen molar-refractivity contribution in [1.82, 2.24) is 5.32 Å². The highest BCUT2D eigenvalue weighted by atomic mass is 16.5. The van der Waals surface area contributed by atoms with Gasteiger partial charge in [-0.25, -0.2) is 0 Å². The Balaban J connectivity index is 1.94. The highest BCUT2D eigenvalue weighted by Gasteiger charge is 2.49. The van der Waals surface area contributed by atoms with Gasteiger partial charge in [0.25, 0.3) is 0 Å². The van der Waals surface area contributed by atoms with Crippen LogP contribution in [0, 0.1) is 5.41 Å². The van der Waals surface area contributed by atoms with E-state index in [2.05, 4.69) is 19.2 Å². The van der Waals surface area contributed by atoms with Crippen molar-refractivity contribution in [2.24, 2.45) is 5.41 Å². The van der Waals surface area contributed by atoms with Gasteiger partial charge in [-0.05, 0) is 25.5 Å². The fourth-order valence-electron chi connectivity index (χ4n) is 2.61. The van der Waals surface area contributed by atoms with E-state index in [-0.39, 0.29) is 18.1 Å². The molecule has 0 unspecified atom stereocenters. The lowest BCUT2D eigenvalue weighted by atomic mass is 9.64. The molecule has 0 aliphatic heterocycles. The van der Waals surface area contributed by atoms with Crippen LogP contribution in [0.4, 0.5) is 0 Å². The second-order valence-electron chi connectivity index (χ2n) is 5.47. The molecule has 0 radical (unpaired) electrons. The van der Waals surface area contributed by atoms with Crippen LogP contribution in [0.15, 0.2) is 22.8 Å². The smallest absolute Gasteiger partial charge is 0.123 e. The van der Waals surface area contributed by atoms with Crippen LogP contribution >= 0.6 is 0 Å². The fraction of sp³-hybridized carbons (Fsp3) is 0.714. The van der Waals surface area contributed by atoms with Crippen molar-refractivity contribution in [3.05, 3.63) is 24.2 Å². The maximum absolute atomic E-state index is 9.45. The Morgan fingerprint density at radius 2 is 2.39 bits per heavy atom. The van der Waals surface area contributed by atoms with Gasteiger partial charge in [0.05, 0.1) is 25.0 Å². The highest BCUT2D eigenvalue weighted by Crippen LogP contribution is 2.43. The maximum atomic E-state index is 9.45. The van der Waals surface area contributed by atoms with E-state index in [0.717, 1.165) is 18.8 Å². The van der Waals surface area contributed by atoms with E-state index in [9.17, 15) is 5.11 Å². The minimum Gasteiger partial charge on any atom is -0.468 e. The molecule has 1 aromatic rings. The van der Waals surface area contributed by atoms with Gasteiger partial charge in [0.2, 0.25) is 0 Å². The lowest BCUT2D eigenvalue weighted by Gasteiger charge is -2.52. The molecule has 0 aromatic carbocycles. The van der Waals surface area contributed by atoms with Crippen LogP contribution < -0.4 is 5.32 Å². The van der Waals surface area contributed by atoms with Crippen molar-refractivity contribution < 1.29 is 14.3 Å². The van der Waals surface area contributed by atoms with Gasteiger partial charge in [-0.1, -0.05) is 13.8 Å². The Labute approximate surface area is 108 Å². The molecule has 4 heteroatoms. The number of furan rings is 1. The minimum atomic E-state index is -0.133. The number of aliphatic hydroxyl groups excluding tert-OH is 1. The summed E-state index contributed by atoms with van der Waals surface area (Å²) in [6.07, 6.45) is 2.92. The molecule has 3 atom stereocenters. The van der Waals surface area contributed by atoms with Crippen LogP contribution in [0.1, 0.15) is 39.0 Å². The Hall–Kier alpha value is -0.840. The standard InChI is InChI=1S/C14H23NO3/c1-4-17-13-8-12(14(13,2)3)15-10(9-16)11-6-5-7-18-11/h5-7,10,12-13,15-16H,4,8-9H2,1-3H3/t10-,12+,13+/m0/s1. The normalized spacial score (nSPS) is 27.8. The monoisotopic (exact) mass is 253 g/mol. The van der Waals surface area contributed by atoms with E-state index in [0.29, 0.717) is 12.1 Å². The molecule has 1 aromatic heterocycles. The third kappa shape index (κ3) is 2.46. The topological polar surface area (TPSA) is 54.6 Å². The first-order valence-corrected chi connectivity index (χ1v) is 6.61. The van der Waals surface area contributed by atoms with Crippen LogP contribution in [-0.2, 0) is 4.74 Å². The number of nitrogens with one attached hydrogen (secondary N) is 1. The second-order valence-corrected chi connectivity index (χ2v) is 5.47. The number of rotatable bonds is 6. The average Bonchev–Trinajstić information content (AvgIpc) is 2.86. The zero-order valence-corrected chi connectivity index (χ0v) is 11.3. The SMILES string of the molecule is CCO[C@@H]1C[C@@H](N[C@@H](CO)c2ccco2)C1(C)C. The van der Waals surface area contributed by atoms with Gasteiger partial charge in [0.1, 0.15) is 5.76 Å². The van der Waals surface area contributed by atoms with Gasteiger partial charge in [-0.3, -0.25) is 0 Å². The summed E-state index contributed by atoms with van der Waals surface area (Å²) < 4.78 is 11.0. The molecule has 1 fully saturated rings. The molecule has 1 aliphatic carbocycles. The predicted molar refractivity (Wildman–Crippen MR) is 69.3 cm³/mol. The van der Waals surface area contributed by atoms with E-state index in [1.807, 2.05) is 19.1 Å². The van der Waals surface area contributed by atoms with Gasteiger partial charge in [0.15, 0.2) is 0 Å². The molecule has 1 aliphatic rings. The molecule has 18 heavy (non-hydrogen) atoms.